The molecule has 1 heterocycles. The van der Waals surface area contributed by atoms with Crippen LogP contribution in [0.2, 0.25) is 0 Å². The van der Waals surface area contributed by atoms with Gasteiger partial charge in [-0.05, 0) is 49.4 Å². The molecule has 10 heteroatoms. The maximum absolute atomic E-state index is 12.4. The number of rotatable bonds is 5. The van der Waals surface area contributed by atoms with Crippen molar-refractivity contribution in [1.82, 2.24) is 4.98 Å². The maximum Gasteiger partial charge on any atom is 0.341 e. The van der Waals surface area contributed by atoms with E-state index in [1.54, 1.807) is 6.07 Å². The summed E-state index contributed by atoms with van der Waals surface area (Å²) in [5, 5.41) is 8.25. The molecule has 28 heavy (non-hydrogen) atoms. The third kappa shape index (κ3) is 4.41. The topological polar surface area (TPSA) is 131 Å². The van der Waals surface area contributed by atoms with Gasteiger partial charge in [0.05, 0.1) is 10.5 Å². The Morgan fingerprint density at radius 1 is 1.18 bits per heavy atom. The lowest BCUT2D eigenvalue weighted by Crippen LogP contribution is -2.30. The molecule has 0 radical (unpaired) electrons. The summed E-state index contributed by atoms with van der Waals surface area (Å²) >= 11 is 3.35. The van der Waals surface area contributed by atoms with Gasteiger partial charge >= 0.3 is 5.97 Å². The van der Waals surface area contributed by atoms with Crippen molar-refractivity contribution in [2.75, 3.05) is 5.32 Å². The molecule has 4 N–H and O–H groups in total. The highest BCUT2D eigenvalue weighted by molar-refractivity contribution is 9.10. The van der Waals surface area contributed by atoms with Crippen molar-refractivity contribution in [3.05, 3.63) is 58.7 Å². The van der Waals surface area contributed by atoms with Gasteiger partial charge in [0.2, 0.25) is 10.0 Å². The van der Waals surface area contributed by atoms with Crippen molar-refractivity contribution < 1.29 is 22.7 Å². The Balaban J connectivity index is 1.68. The number of aromatic nitrogens is 1. The number of halogens is 1. The number of nitrogens with one attached hydrogen (secondary N) is 2. The number of anilines is 1. The average molecular weight is 466 g/mol. The van der Waals surface area contributed by atoms with E-state index in [1.807, 2.05) is 12.1 Å². The van der Waals surface area contributed by atoms with Gasteiger partial charge in [0.15, 0.2) is 6.10 Å². The molecule has 0 fully saturated rings. The van der Waals surface area contributed by atoms with E-state index < -0.39 is 28.0 Å². The summed E-state index contributed by atoms with van der Waals surface area (Å²) in [6.45, 7) is 1.44. The molecule has 0 aliphatic rings. The zero-order valence-electron chi connectivity index (χ0n) is 14.6. The minimum atomic E-state index is -3.81. The van der Waals surface area contributed by atoms with Crippen molar-refractivity contribution in [2.45, 2.75) is 17.9 Å². The van der Waals surface area contributed by atoms with E-state index in [-0.39, 0.29) is 4.90 Å². The highest BCUT2D eigenvalue weighted by atomic mass is 79.9. The highest BCUT2D eigenvalue weighted by Gasteiger charge is 2.21. The van der Waals surface area contributed by atoms with Crippen LogP contribution in [0.3, 0.4) is 0 Å². The number of benzene rings is 2. The van der Waals surface area contributed by atoms with Gasteiger partial charge in [-0.1, -0.05) is 15.9 Å². The molecule has 8 nitrogen and oxygen atoms in total. The van der Waals surface area contributed by atoms with Crippen molar-refractivity contribution >= 4 is 54.4 Å². The van der Waals surface area contributed by atoms with Crippen LogP contribution in [-0.4, -0.2) is 31.4 Å². The monoisotopic (exact) mass is 465 g/mol. The van der Waals surface area contributed by atoms with Gasteiger partial charge in [-0.3, -0.25) is 4.79 Å². The number of hydrogen-bond acceptors (Lipinski definition) is 5. The second kappa shape index (κ2) is 7.74. The number of sulfonamides is 1. The van der Waals surface area contributed by atoms with E-state index >= 15 is 0 Å². The molecular formula is C18H16BrN3O5S. The fourth-order valence-corrected chi connectivity index (χ4v) is 3.39. The van der Waals surface area contributed by atoms with Crippen LogP contribution in [-0.2, 0) is 19.6 Å². The Bertz CT molecular complexity index is 1160. The molecule has 0 aliphatic heterocycles. The number of ether oxygens (including phenoxy) is 1. The van der Waals surface area contributed by atoms with E-state index in [0.29, 0.717) is 16.6 Å². The summed E-state index contributed by atoms with van der Waals surface area (Å²) < 4.78 is 28.6. The quantitative estimate of drug-likeness (QED) is 0.498. The lowest BCUT2D eigenvalue weighted by Gasteiger charge is -2.13. The standard InChI is InChI=1S/C18H16BrN3O5S/c1-10(17(23)22-12-3-5-13(6-4-12)28(20,25)26)27-18(24)15-9-21-16-7-2-11(19)8-14(15)16/h2-10,21H,1H3,(H,22,23)(H2,20,25,26). The fourth-order valence-electron chi connectivity index (χ4n) is 2.51. The van der Waals surface area contributed by atoms with E-state index in [4.69, 9.17) is 9.88 Å². The molecule has 0 aliphatic carbocycles. The van der Waals surface area contributed by atoms with Crippen LogP contribution in [0.25, 0.3) is 10.9 Å². The third-order valence-electron chi connectivity index (χ3n) is 3.97. The van der Waals surface area contributed by atoms with Crippen LogP contribution >= 0.6 is 15.9 Å². The van der Waals surface area contributed by atoms with E-state index in [2.05, 4.69) is 26.2 Å². The molecule has 2 aromatic carbocycles. The summed E-state index contributed by atoms with van der Waals surface area (Å²) in [6, 6.07) is 10.8. The van der Waals surface area contributed by atoms with Gasteiger partial charge in [0.25, 0.3) is 5.91 Å². The van der Waals surface area contributed by atoms with Crippen molar-refractivity contribution in [3.8, 4) is 0 Å². The fraction of sp³-hybridized carbons (Fsp3) is 0.111. The van der Waals surface area contributed by atoms with Crippen molar-refractivity contribution in [3.63, 3.8) is 0 Å². The molecule has 146 valence electrons. The van der Waals surface area contributed by atoms with E-state index in [1.165, 1.54) is 37.4 Å². The molecule has 3 aromatic rings. The van der Waals surface area contributed by atoms with Crippen LogP contribution in [0.15, 0.2) is 58.0 Å². The van der Waals surface area contributed by atoms with Crippen LogP contribution < -0.4 is 10.5 Å². The number of nitrogens with two attached hydrogens (primary N) is 1. The number of primary sulfonamides is 1. The van der Waals surface area contributed by atoms with E-state index in [0.717, 1.165) is 9.99 Å². The molecule has 0 saturated heterocycles. The predicted octanol–water partition coefficient (Wildman–Crippen LogP) is 2.76. The predicted molar refractivity (Wildman–Crippen MR) is 107 cm³/mol. The zero-order chi connectivity index (χ0) is 20.5. The number of H-pyrrole nitrogens is 1. The highest BCUT2D eigenvalue weighted by Crippen LogP contribution is 2.23. The lowest BCUT2D eigenvalue weighted by molar-refractivity contribution is -0.123. The van der Waals surface area contributed by atoms with Gasteiger partial charge in [-0.15, -0.1) is 0 Å². The average Bonchev–Trinajstić information content (AvgIpc) is 3.04. The minimum Gasteiger partial charge on any atom is -0.449 e. The Morgan fingerprint density at radius 3 is 2.50 bits per heavy atom. The normalized spacial score (nSPS) is 12.5. The number of aromatic amines is 1. The first-order valence-electron chi connectivity index (χ1n) is 8.06. The first kappa shape index (κ1) is 20.1. The number of amides is 1. The number of carbonyl (C=O) groups excluding carboxylic acids is 2. The summed E-state index contributed by atoms with van der Waals surface area (Å²) in [5.41, 5.74) is 1.42. The summed E-state index contributed by atoms with van der Waals surface area (Å²) in [7, 11) is -3.81. The van der Waals surface area contributed by atoms with Crippen molar-refractivity contribution in [1.29, 1.82) is 0 Å². The third-order valence-corrected chi connectivity index (χ3v) is 5.39. The smallest absolute Gasteiger partial charge is 0.341 e. The second-order valence-corrected chi connectivity index (χ2v) is 8.48. The Labute approximate surface area is 169 Å². The molecule has 1 amide bonds. The van der Waals surface area contributed by atoms with Gasteiger partial charge in [-0.2, -0.15) is 0 Å². The molecular weight excluding hydrogens is 450 g/mol. The SMILES string of the molecule is CC(OC(=O)c1c[nH]c2ccc(Br)cc12)C(=O)Nc1ccc(S(N)(=O)=O)cc1. The Hall–Kier alpha value is -2.69. The second-order valence-electron chi connectivity index (χ2n) is 6.00. The van der Waals surface area contributed by atoms with Gasteiger partial charge < -0.3 is 15.0 Å². The Morgan fingerprint density at radius 2 is 1.86 bits per heavy atom. The summed E-state index contributed by atoms with van der Waals surface area (Å²) in [6.07, 6.45) is 0.457. The molecule has 0 bridgehead atoms. The first-order valence-corrected chi connectivity index (χ1v) is 10.4. The molecule has 0 saturated carbocycles. The van der Waals surface area contributed by atoms with Crippen LogP contribution in [0.4, 0.5) is 5.69 Å². The molecule has 1 aromatic heterocycles. The maximum atomic E-state index is 12.4. The molecule has 0 spiro atoms. The zero-order valence-corrected chi connectivity index (χ0v) is 17.0. The van der Waals surface area contributed by atoms with Gasteiger partial charge in [-0.25, -0.2) is 18.4 Å². The summed E-state index contributed by atoms with van der Waals surface area (Å²) in [4.78, 5) is 27.6. The van der Waals surface area contributed by atoms with Crippen LogP contribution in [0.1, 0.15) is 17.3 Å². The largest absolute Gasteiger partial charge is 0.449 e. The number of hydrogen-bond donors (Lipinski definition) is 3. The minimum absolute atomic E-state index is 0.0736. The molecule has 1 unspecified atom stereocenters. The van der Waals surface area contributed by atoms with Gasteiger partial charge in [0, 0.05) is 27.3 Å². The number of fused-ring (bicyclic) bond motifs is 1. The van der Waals surface area contributed by atoms with Crippen LogP contribution in [0, 0.1) is 0 Å². The van der Waals surface area contributed by atoms with Crippen molar-refractivity contribution in [2.24, 2.45) is 5.14 Å². The van der Waals surface area contributed by atoms with E-state index in [9.17, 15) is 18.0 Å². The molecule has 3 rings (SSSR count). The summed E-state index contributed by atoms with van der Waals surface area (Å²) in [5.74, 6) is -1.20. The first-order chi connectivity index (χ1) is 13.1. The Kier molecular flexibility index (Phi) is 5.54. The number of esters is 1. The molecule has 1 atom stereocenters. The van der Waals surface area contributed by atoms with Crippen LogP contribution in [0.5, 0.6) is 0 Å². The van der Waals surface area contributed by atoms with Gasteiger partial charge in [0.1, 0.15) is 0 Å². The lowest BCUT2D eigenvalue weighted by atomic mass is 10.2. The number of carbonyl (C=O) groups is 2.